The normalized spacial score (nSPS) is 15.3. The summed E-state index contributed by atoms with van der Waals surface area (Å²) in [5, 5.41) is 0. The minimum Gasteiger partial charge on any atom is -0.340 e. The maximum atomic E-state index is 13.2. The maximum absolute atomic E-state index is 13.2. The Morgan fingerprint density at radius 1 is 0.812 bits per heavy atom. The third-order valence-corrected chi connectivity index (χ3v) is 7.70. The highest BCUT2D eigenvalue weighted by molar-refractivity contribution is 7.89. The number of nitrogens with zero attached hydrogens (tertiary/aromatic N) is 4. The highest BCUT2D eigenvalue weighted by Crippen LogP contribution is 2.26. The van der Waals surface area contributed by atoms with E-state index in [0.29, 0.717) is 32.7 Å². The molecule has 1 fully saturated rings. The molecular weight excluding hydrogens is 427 g/mol. The fourth-order valence-electron chi connectivity index (χ4n) is 4.11. The van der Waals surface area contributed by atoms with E-state index in [-0.39, 0.29) is 4.90 Å². The quantitative estimate of drug-likeness (QED) is 0.465. The molecule has 1 saturated heterocycles. The lowest BCUT2D eigenvalue weighted by Crippen LogP contribution is -2.49. The van der Waals surface area contributed by atoms with Gasteiger partial charge in [-0.15, -0.1) is 0 Å². The lowest BCUT2D eigenvalue weighted by molar-refractivity contribution is 0.381. The van der Waals surface area contributed by atoms with Gasteiger partial charge < -0.3 is 9.47 Å². The molecule has 0 bridgehead atoms. The van der Waals surface area contributed by atoms with Crippen LogP contribution >= 0.6 is 0 Å². The second kappa shape index (κ2) is 8.37. The lowest BCUT2D eigenvalue weighted by Gasteiger charge is -2.34. The van der Waals surface area contributed by atoms with Crippen molar-refractivity contribution in [3.05, 3.63) is 90.2 Å². The van der Waals surface area contributed by atoms with Gasteiger partial charge in [0.1, 0.15) is 5.82 Å². The summed E-state index contributed by atoms with van der Waals surface area (Å²) in [6.45, 7) is 2.42. The van der Waals surface area contributed by atoms with Gasteiger partial charge in [-0.3, -0.25) is 0 Å². The Hall–Kier alpha value is -3.23. The zero-order valence-corrected chi connectivity index (χ0v) is 18.2. The van der Waals surface area contributed by atoms with E-state index in [4.69, 9.17) is 4.98 Å². The van der Waals surface area contributed by atoms with E-state index in [1.54, 1.807) is 0 Å². The van der Waals surface area contributed by atoms with Gasteiger partial charge in [-0.1, -0.05) is 42.5 Å². The summed E-state index contributed by atoms with van der Waals surface area (Å²) in [7, 11) is -3.65. The summed E-state index contributed by atoms with van der Waals surface area (Å²) >= 11 is 0. The molecule has 1 aliphatic heterocycles. The molecule has 0 saturated carbocycles. The van der Waals surface area contributed by atoms with Gasteiger partial charge in [-0.25, -0.2) is 17.8 Å². The molecule has 32 heavy (non-hydrogen) atoms. The van der Waals surface area contributed by atoms with Crippen molar-refractivity contribution in [2.24, 2.45) is 0 Å². The van der Waals surface area contributed by atoms with Crippen LogP contribution in [0.25, 0.3) is 11.0 Å². The average Bonchev–Trinajstić information content (AvgIpc) is 3.18. The van der Waals surface area contributed by atoms with Crippen molar-refractivity contribution in [3.8, 4) is 0 Å². The van der Waals surface area contributed by atoms with Crippen molar-refractivity contribution in [2.45, 2.75) is 11.4 Å². The van der Waals surface area contributed by atoms with Crippen LogP contribution in [-0.2, 0) is 16.6 Å². The van der Waals surface area contributed by atoms with E-state index in [1.165, 1.54) is 34.1 Å². The predicted molar refractivity (Wildman–Crippen MR) is 123 cm³/mol. The number of halogens is 1. The molecule has 2 heterocycles. The van der Waals surface area contributed by atoms with Crippen LogP contribution in [0.15, 0.2) is 83.8 Å². The second-order valence-electron chi connectivity index (χ2n) is 7.82. The minimum atomic E-state index is -3.65. The third kappa shape index (κ3) is 3.87. The van der Waals surface area contributed by atoms with Crippen LogP contribution in [0.2, 0.25) is 0 Å². The number of aromatic nitrogens is 2. The molecule has 0 spiro atoms. The number of anilines is 1. The first-order valence-corrected chi connectivity index (χ1v) is 12.0. The lowest BCUT2D eigenvalue weighted by atomic mass is 10.2. The van der Waals surface area contributed by atoms with Crippen molar-refractivity contribution in [1.82, 2.24) is 13.9 Å². The van der Waals surface area contributed by atoms with Crippen molar-refractivity contribution in [1.29, 1.82) is 0 Å². The first-order chi connectivity index (χ1) is 15.5. The molecule has 0 radical (unpaired) electrons. The minimum absolute atomic E-state index is 0.115. The van der Waals surface area contributed by atoms with E-state index < -0.39 is 15.8 Å². The Kier molecular flexibility index (Phi) is 5.40. The molecule has 0 N–H and O–H groups in total. The molecule has 1 aromatic heterocycles. The van der Waals surface area contributed by atoms with Gasteiger partial charge in [0.05, 0.1) is 22.5 Å². The summed E-state index contributed by atoms with van der Waals surface area (Å²) < 4.78 is 42.8. The van der Waals surface area contributed by atoms with E-state index >= 15 is 0 Å². The van der Waals surface area contributed by atoms with Crippen LogP contribution in [0.1, 0.15) is 5.56 Å². The molecule has 1 aliphatic rings. The standard InChI is InChI=1S/C24H23FN4O2S/c25-20-10-12-21(13-11-20)32(30,31)28-16-14-27(15-17-28)24-26-22-8-4-5-9-23(22)29(24)18-19-6-2-1-3-7-19/h1-13H,14-18H2. The van der Waals surface area contributed by atoms with Crippen molar-refractivity contribution < 1.29 is 12.8 Å². The van der Waals surface area contributed by atoms with Crippen LogP contribution < -0.4 is 4.90 Å². The Balaban J connectivity index is 1.40. The SMILES string of the molecule is O=S(=O)(c1ccc(F)cc1)N1CCN(c2nc3ccccc3n2Cc2ccccc2)CC1. The summed E-state index contributed by atoms with van der Waals surface area (Å²) in [5.74, 6) is 0.389. The van der Waals surface area contributed by atoms with Crippen LogP contribution in [0.3, 0.4) is 0 Å². The Morgan fingerprint density at radius 3 is 2.19 bits per heavy atom. The molecule has 0 unspecified atom stereocenters. The summed E-state index contributed by atoms with van der Waals surface area (Å²) in [6.07, 6.45) is 0. The number of hydrogen-bond donors (Lipinski definition) is 0. The van der Waals surface area contributed by atoms with Crippen LogP contribution in [0, 0.1) is 5.82 Å². The number of rotatable bonds is 5. The zero-order valence-electron chi connectivity index (χ0n) is 17.4. The summed E-state index contributed by atoms with van der Waals surface area (Å²) in [4.78, 5) is 7.12. The van der Waals surface area contributed by atoms with Crippen LogP contribution in [0.4, 0.5) is 10.3 Å². The van der Waals surface area contributed by atoms with E-state index in [0.717, 1.165) is 17.0 Å². The first kappa shape index (κ1) is 20.7. The molecule has 5 rings (SSSR count). The molecule has 3 aromatic carbocycles. The Bertz CT molecular complexity index is 1330. The monoisotopic (exact) mass is 450 g/mol. The maximum Gasteiger partial charge on any atom is 0.243 e. The van der Waals surface area contributed by atoms with Gasteiger partial charge in [0.2, 0.25) is 16.0 Å². The van der Waals surface area contributed by atoms with Gasteiger partial charge in [0.25, 0.3) is 0 Å². The highest BCUT2D eigenvalue weighted by Gasteiger charge is 2.30. The molecular formula is C24H23FN4O2S. The topological polar surface area (TPSA) is 58.4 Å². The summed E-state index contributed by atoms with van der Waals surface area (Å²) in [5.41, 5.74) is 3.14. The fourth-order valence-corrected chi connectivity index (χ4v) is 5.53. The molecule has 0 atom stereocenters. The molecule has 8 heteroatoms. The fraction of sp³-hybridized carbons (Fsp3) is 0.208. The molecule has 0 aliphatic carbocycles. The Labute approximate surface area is 186 Å². The van der Waals surface area contributed by atoms with E-state index in [9.17, 15) is 12.8 Å². The van der Waals surface area contributed by atoms with E-state index in [2.05, 4.69) is 27.7 Å². The highest BCUT2D eigenvalue weighted by atomic mass is 32.2. The van der Waals surface area contributed by atoms with Crippen molar-refractivity contribution in [2.75, 3.05) is 31.1 Å². The van der Waals surface area contributed by atoms with Crippen molar-refractivity contribution >= 4 is 27.0 Å². The second-order valence-corrected chi connectivity index (χ2v) is 9.76. The summed E-state index contributed by atoms with van der Waals surface area (Å²) in [6, 6.07) is 23.2. The molecule has 164 valence electrons. The van der Waals surface area contributed by atoms with Gasteiger partial charge in [0.15, 0.2) is 0 Å². The predicted octanol–water partition coefficient (Wildman–Crippen LogP) is 3.73. The number of fused-ring (bicyclic) bond motifs is 1. The molecule has 0 amide bonds. The number of hydrogen-bond acceptors (Lipinski definition) is 4. The van der Waals surface area contributed by atoms with Crippen molar-refractivity contribution in [3.63, 3.8) is 0 Å². The first-order valence-electron chi connectivity index (χ1n) is 10.5. The largest absolute Gasteiger partial charge is 0.340 e. The smallest absolute Gasteiger partial charge is 0.243 e. The van der Waals surface area contributed by atoms with Crippen LogP contribution in [0.5, 0.6) is 0 Å². The number of imidazole rings is 1. The molecule has 4 aromatic rings. The van der Waals surface area contributed by atoms with Gasteiger partial charge in [-0.05, 0) is 42.0 Å². The number of benzene rings is 3. The van der Waals surface area contributed by atoms with Gasteiger partial charge >= 0.3 is 0 Å². The van der Waals surface area contributed by atoms with Gasteiger partial charge in [0, 0.05) is 26.2 Å². The molecule has 6 nitrogen and oxygen atoms in total. The number of sulfonamides is 1. The Morgan fingerprint density at radius 2 is 1.47 bits per heavy atom. The zero-order chi connectivity index (χ0) is 22.1. The average molecular weight is 451 g/mol. The van der Waals surface area contributed by atoms with E-state index in [1.807, 2.05) is 36.4 Å². The number of piperazine rings is 1. The third-order valence-electron chi connectivity index (χ3n) is 5.79. The number of para-hydroxylation sites is 2. The van der Waals surface area contributed by atoms with Crippen LogP contribution in [-0.4, -0.2) is 48.5 Å². The van der Waals surface area contributed by atoms with Gasteiger partial charge in [-0.2, -0.15) is 4.31 Å².